The fourth-order valence-electron chi connectivity index (χ4n) is 2.66. The summed E-state index contributed by atoms with van der Waals surface area (Å²) in [6, 6.07) is 7.76. The van der Waals surface area contributed by atoms with E-state index in [1.807, 2.05) is 5.32 Å². The molecule has 1 atom stereocenters. The van der Waals surface area contributed by atoms with Crippen LogP contribution in [0.5, 0.6) is 0 Å². The molecule has 2 aliphatic heterocycles. The van der Waals surface area contributed by atoms with E-state index in [2.05, 4.69) is 0 Å². The molecule has 1 fully saturated rings. The highest BCUT2D eigenvalue weighted by molar-refractivity contribution is 6.31. The maximum absolute atomic E-state index is 12.8. The molecule has 0 aromatic heterocycles. The van der Waals surface area contributed by atoms with Gasteiger partial charge in [0.05, 0.1) is 6.42 Å². The van der Waals surface area contributed by atoms with Crippen molar-refractivity contribution in [1.82, 2.24) is 10.2 Å². The number of rotatable bonds is 3. The lowest BCUT2D eigenvalue weighted by Crippen LogP contribution is -2.61. The van der Waals surface area contributed by atoms with Crippen molar-refractivity contribution in [3.8, 4) is 0 Å². The lowest BCUT2D eigenvalue weighted by atomic mass is 9.85. The molecule has 0 aliphatic carbocycles. The Kier molecular flexibility index (Phi) is 2.98. The Morgan fingerprint density at radius 1 is 1.00 bits per heavy atom. The van der Waals surface area contributed by atoms with Crippen LogP contribution in [0.15, 0.2) is 42.5 Å². The summed E-state index contributed by atoms with van der Waals surface area (Å²) in [5.74, 6) is -4.02. The van der Waals surface area contributed by atoms with E-state index >= 15 is 0 Å². The summed E-state index contributed by atoms with van der Waals surface area (Å²) in [4.78, 5) is 61.1. The van der Waals surface area contributed by atoms with Crippen molar-refractivity contribution in [2.75, 3.05) is 0 Å². The smallest absolute Gasteiger partial charge is 0.261 e. The van der Waals surface area contributed by atoms with Crippen LogP contribution in [0.25, 0.3) is 0 Å². The zero-order chi connectivity index (χ0) is 15.9. The SMILES string of the molecule is O=C1CC(C(=O)c2ccccc2)(N2C(=O)C=CC2=O)C(=O)N1. The van der Waals surface area contributed by atoms with Gasteiger partial charge in [-0.2, -0.15) is 0 Å². The highest BCUT2D eigenvalue weighted by atomic mass is 16.2. The van der Waals surface area contributed by atoms with Crippen molar-refractivity contribution >= 4 is 29.4 Å². The third-order valence-electron chi connectivity index (χ3n) is 3.65. The van der Waals surface area contributed by atoms with Crippen LogP contribution in [0.3, 0.4) is 0 Å². The maximum Gasteiger partial charge on any atom is 0.261 e. The first-order valence-electron chi connectivity index (χ1n) is 6.47. The van der Waals surface area contributed by atoms with E-state index in [1.165, 1.54) is 12.1 Å². The van der Waals surface area contributed by atoms with Gasteiger partial charge in [-0.3, -0.25) is 34.2 Å². The minimum absolute atomic E-state index is 0.139. The summed E-state index contributed by atoms with van der Waals surface area (Å²) in [5, 5.41) is 2.00. The first-order valence-corrected chi connectivity index (χ1v) is 6.47. The number of benzene rings is 1. The van der Waals surface area contributed by atoms with Gasteiger partial charge >= 0.3 is 0 Å². The van der Waals surface area contributed by atoms with Crippen LogP contribution in [-0.2, 0) is 19.2 Å². The van der Waals surface area contributed by atoms with Crippen molar-refractivity contribution in [3.63, 3.8) is 0 Å². The molecule has 22 heavy (non-hydrogen) atoms. The predicted octanol–water partition coefficient (Wildman–Crippen LogP) is -0.420. The molecule has 1 N–H and O–H groups in total. The Morgan fingerprint density at radius 2 is 1.59 bits per heavy atom. The topological polar surface area (TPSA) is 101 Å². The number of amides is 4. The van der Waals surface area contributed by atoms with Gasteiger partial charge < -0.3 is 0 Å². The first kappa shape index (κ1) is 13.9. The first-order chi connectivity index (χ1) is 10.5. The molecule has 7 nitrogen and oxygen atoms in total. The second kappa shape index (κ2) is 4.73. The molecule has 1 unspecified atom stereocenters. The Bertz CT molecular complexity index is 734. The number of carbonyl (C=O) groups is 5. The molecule has 2 aliphatic rings. The van der Waals surface area contributed by atoms with Crippen LogP contribution >= 0.6 is 0 Å². The zero-order valence-corrected chi connectivity index (χ0v) is 11.2. The predicted molar refractivity (Wildman–Crippen MR) is 72.3 cm³/mol. The second-order valence-electron chi connectivity index (χ2n) is 4.95. The summed E-state index contributed by atoms with van der Waals surface area (Å²) < 4.78 is 0. The van der Waals surface area contributed by atoms with E-state index in [1.54, 1.807) is 18.2 Å². The summed E-state index contributed by atoms with van der Waals surface area (Å²) in [6.07, 6.45) is 1.37. The lowest BCUT2D eigenvalue weighted by molar-refractivity contribution is -0.147. The molecule has 1 aromatic rings. The molecule has 0 spiro atoms. The molecule has 110 valence electrons. The molecular weight excluding hydrogens is 288 g/mol. The van der Waals surface area contributed by atoms with Crippen molar-refractivity contribution in [2.45, 2.75) is 12.0 Å². The number of imide groups is 2. The monoisotopic (exact) mass is 298 g/mol. The van der Waals surface area contributed by atoms with Crippen LogP contribution in [0, 0.1) is 0 Å². The van der Waals surface area contributed by atoms with Gasteiger partial charge in [-0.1, -0.05) is 30.3 Å². The minimum Gasteiger partial charge on any atom is -0.294 e. The van der Waals surface area contributed by atoms with Crippen LogP contribution < -0.4 is 5.32 Å². The van der Waals surface area contributed by atoms with Gasteiger partial charge in [0, 0.05) is 17.7 Å². The lowest BCUT2D eigenvalue weighted by Gasteiger charge is -2.32. The number of nitrogens with zero attached hydrogens (tertiary/aromatic N) is 1. The Hall–Kier alpha value is -3.09. The molecule has 1 saturated heterocycles. The molecular formula is C15H10N2O5. The van der Waals surface area contributed by atoms with E-state index < -0.39 is 41.4 Å². The molecule has 3 rings (SSSR count). The largest absolute Gasteiger partial charge is 0.294 e. The summed E-state index contributed by atoms with van der Waals surface area (Å²) >= 11 is 0. The van der Waals surface area contributed by atoms with Gasteiger partial charge in [0.15, 0.2) is 5.78 Å². The minimum atomic E-state index is -2.16. The standard InChI is InChI=1S/C15H10N2O5/c18-10-8-15(14(22)16-10,17-11(19)6-7-12(17)20)13(21)9-4-2-1-3-5-9/h1-7H,8H2,(H,16,18,22). The van der Waals surface area contributed by atoms with Crippen molar-refractivity contribution in [1.29, 1.82) is 0 Å². The molecule has 7 heteroatoms. The van der Waals surface area contributed by atoms with Crippen LogP contribution in [0.4, 0.5) is 0 Å². The number of Topliss-reactive ketones (excluding diaryl/α,β-unsaturated/α-hetero) is 1. The van der Waals surface area contributed by atoms with Crippen molar-refractivity contribution in [3.05, 3.63) is 48.0 Å². The second-order valence-corrected chi connectivity index (χ2v) is 4.95. The van der Waals surface area contributed by atoms with Gasteiger partial charge in [-0.15, -0.1) is 0 Å². The van der Waals surface area contributed by atoms with E-state index in [0.29, 0.717) is 4.90 Å². The van der Waals surface area contributed by atoms with Gasteiger partial charge in [0.2, 0.25) is 11.4 Å². The normalized spacial score (nSPS) is 24.1. The average Bonchev–Trinajstić information content (AvgIpc) is 2.99. The summed E-state index contributed by atoms with van der Waals surface area (Å²) in [6.45, 7) is 0. The van der Waals surface area contributed by atoms with Gasteiger partial charge in [0.25, 0.3) is 17.7 Å². The van der Waals surface area contributed by atoms with Crippen LogP contribution in [-0.4, -0.2) is 39.9 Å². The van der Waals surface area contributed by atoms with Crippen LogP contribution in [0.2, 0.25) is 0 Å². The molecule has 0 radical (unpaired) electrons. The maximum atomic E-state index is 12.8. The molecule has 4 amide bonds. The van der Waals surface area contributed by atoms with E-state index in [4.69, 9.17) is 0 Å². The van der Waals surface area contributed by atoms with E-state index in [9.17, 15) is 24.0 Å². The molecule has 0 bridgehead atoms. The van der Waals surface area contributed by atoms with Gasteiger partial charge in [0.1, 0.15) is 0 Å². The summed E-state index contributed by atoms with van der Waals surface area (Å²) in [7, 11) is 0. The highest BCUT2D eigenvalue weighted by Crippen LogP contribution is 2.32. The number of hydrogen-bond acceptors (Lipinski definition) is 5. The fraction of sp³-hybridized carbons (Fsp3) is 0.133. The zero-order valence-electron chi connectivity index (χ0n) is 11.2. The third-order valence-corrected chi connectivity index (χ3v) is 3.65. The molecule has 2 heterocycles. The number of carbonyl (C=O) groups excluding carboxylic acids is 5. The number of hydrogen-bond donors (Lipinski definition) is 1. The fourth-order valence-corrected chi connectivity index (χ4v) is 2.66. The van der Waals surface area contributed by atoms with Crippen molar-refractivity contribution in [2.24, 2.45) is 0 Å². The average molecular weight is 298 g/mol. The quantitative estimate of drug-likeness (QED) is 0.464. The Labute approximate surface area is 124 Å². The van der Waals surface area contributed by atoms with Crippen LogP contribution in [0.1, 0.15) is 16.8 Å². The molecule has 0 saturated carbocycles. The van der Waals surface area contributed by atoms with Gasteiger partial charge in [-0.05, 0) is 0 Å². The van der Waals surface area contributed by atoms with Gasteiger partial charge in [-0.25, -0.2) is 0 Å². The highest BCUT2D eigenvalue weighted by Gasteiger charge is 2.60. The Balaban J connectivity index is 2.15. The molecule has 1 aromatic carbocycles. The summed E-state index contributed by atoms with van der Waals surface area (Å²) in [5.41, 5.74) is -2.02. The number of ketones is 1. The van der Waals surface area contributed by atoms with Crippen molar-refractivity contribution < 1.29 is 24.0 Å². The Morgan fingerprint density at radius 3 is 2.09 bits per heavy atom. The van der Waals surface area contributed by atoms with E-state index in [-0.39, 0.29) is 5.56 Å². The van der Waals surface area contributed by atoms with E-state index in [0.717, 1.165) is 12.2 Å². The third kappa shape index (κ3) is 1.79. The number of nitrogens with one attached hydrogen (secondary N) is 1.